The third-order valence-corrected chi connectivity index (χ3v) is 5.69. The van der Waals surface area contributed by atoms with Crippen LogP contribution >= 0.6 is 17.0 Å². The number of anilines is 2. The van der Waals surface area contributed by atoms with E-state index in [9.17, 15) is 9.59 Å². The molecule has 3 aromatic rings. The summed E-state index contributed by atoms with van der Waals surface area (Å²) < 4.78 is 5.92. The normalized spacial score (nSPS) is 10.3. The number of hydrogen-bond donors (Lipinski definition) is 5. The first-order chi connectivity index (χ1) is 17.4. The van der Waals surface area contributed by atoms with Gasteiger partial charge >= 0.3 is 12.1 Å². The summed E-state index contributed by atoms with van der Waals surface area (Å²) in [5, 5.41) is 8.80. The molecule has 0 heterocycles. The Bertz CT molecular complexity index is 1160. The number of ether oxygens (including phenoxy) is 1. The van der Waals surface area contributed by atoms with Gasteiger partial charge in [0.25, 0.3) is 0 Å². The second-order valence-corrected chi connectivity index (χ2v) is 8.57. The Kier molecular flexibility index (Phi) is 12.5. The molecule has 7 N–H and O–H groups in total. The molecule has 8 nitrogen and oxygen atoms in total. The zero-order chi connectivity index (χ0) is 25.8. The van der Waals surface area contributed by atoms with Crippen molar-refractivity contribution in [1.82, 2.24) is 5.32 Å². The Morgan fingerprint density at radius 2 is 1.51 bits per heavy atom. The predicted molar refractivity (Wildman–Crippen MR) is 155 cm³/mol. The van der Waals surface area contributed by atoms with E-state index >= 15 is 0 Å². The zero-order valence-electron chi connectivity index (χ0n) is 21.1. The number of amides is 4. The standard InChI is InChI=1S/C28H35N5O3.BrH/c1-2-6-23-18-24(32-27(29)34)11-10-22(23)14-16-31-15-13-20-9-12-26(25(17-20)33-28(30)35)36-19-21-7-4-3-5-8-21;/h3-5,7-12,17-18,31H,2,6,13-16,19H2,1H3,(H3,29,32,34)(H3,30,33,35);1H. The third kappa shape index (κ3) is 10.1. The Morgan fingerprint density at radius 3 is 2.22 bits per heavy atom. The zero-order valence-corrected chi connectivity index (χ0v) is 22.8. The summed E-state index contributed by atoms with van der Waals surface area (Å²) in [5.74, 6) is 0.576. The van der Waals surface area contributed by atoms with E-state index in [0.717, 1.165) is 55.6 Å². The summed E-state index contributed by atoms with van der Waals surface area (Å²) in [6.07, 6.45) is 3.63. The van der Waals surface area contributed by atoms with E-state index in [1.54, 1.807) is 0 Å². The lowest BCUT2D eigenvalue weighted by molar-refractivity contribution is 0.258. The molecule has 0 aliphatic rings. The first-order valence-corrected chi connectivity index (χ1v) is 12.2. The molecule has 0 radical (unpaired) electrons. The van der Waals surface area contributed by atoms with E-state index in [1.807, 2.05) is 66.7 Å². The average molecular weight is 571 g/mol. The molecule has 0 saturated carbocycles. The minimum absolute atomic E-state index is 0. The van der Waals surface area contributed by atoms with Crippen molar-refractivity contribution < 1.29 is 14.3 Å². The van der Waals surface area contributed by atoms with Crippen molar-refractivity contribution in [3.05, 3.63) is 89.0 Å². The summed E-state index contributed by atoms with van der Waals surface area (Å²) >= 11 is 0. The summed E-state index contributed by atoms with van der Waals surface area (Å²) in [7, 11) is 0. The van der Waals surface area contributed by atoms with Crippen LogP contribution in [-0.2, 0) is 25.9 Å². The van der Waals surface area contributed by atoms with Gasteiger partial charge in [0.05, 0.1) is 5.69 Å². The molecule has 4 amide bonds. The number of nitrogens with one attached hydrogen (secondary N) is 3. The van der Waals surface area contributed by atoms with E-state index in [2.05, 4.69) is 22.9 Å². The van der Waals surface area contributed by atoms with E-state index in [-0.39, 0.29) is 17.0 Å². The van der Waals surface area contributed by atoms with Crippen LogP contribution in [0.5, 0.6) is 5.75 Å². The number of urea groups is 2. The van der Waals surface area contributed by atoms with Crippen molar-refractivity contribution in [3.8, 4) is 5.75 Å². The van der Waals surface area contributed by atoms with Gasteiger partial charge in [-0.05, 0) is 78.9 Å². The Hall–Kier alpha value is -3.56. The summed E-state index contributed by atoms with van der Waals surface area (Å²) in [6, 6.07) is 20.3. The van der Waals surface area contributed by atoms with Crippen LogP contribution in [0, 0.1) is 0 Å². The second-order valence-electron chi connectivity index (χ2n) is 8.57. The molecule has 0 saturated heterocycles. The lowest BCUT2D eigenvalue weighted by Gasteiger charge is -2.14. The number of primary amides is 2. The summed E-state index contributed by atoms with van der Waals surface area (Å²) in [6.45, 7) is 4.14. The lowest BCUT2D eigenvalue weighted by atomic mass is 9.99. The highest BCUT2D eigenvalue weighted by Crippen LogP contribution is 2.27. The van der Waals surface area contributed by atoms with Crippen LogP contribution < -0.4 is 32.2 Å². The molecule has 3 aromatic carbocycles. The van der Waals surface area contributed by atoms with Crippen LogP contribution in [0.3, 0.4) is 0 Å². The minimum atomic E-state index is -0.630. The molecule has 0 aliphatic heterocycles. The molecular weight excluding hydrogens is 534 g/mol. The molecule has 9 heteroatoms. The Balaban J connectivity index is 0.00000481. The fourth-order valence-corrected chi connectivity index (χ4v) is 4.00. The highest BCUT2D eigenvalue weighted by atomic mass is 79.9. The first-order valence-electron chi connectivity index (χ1n) is 12.2. The number of carbonyl (C=O) groups excluding carboxylic acids is 2. The number of benzene rings is 3. The number of aryl methyl sites for hydroxylation is 1. The predicted octanol–water partition coefficient (Wildman–Crippen LogP) is 5.15. The topological polar surface area (TPSA) is 132 Å². The maximum atomic E-state index is 11.5. The van der Waals surface area contributed by atoms with Gasteiger partial charge < -0.3 is 32.2 Å². The molecule has 0 spiro atoms. The van der Waals surface area contributed by atoms with Gasteiger partial charge in [0, 0.05) is 5.69 Å². The van der Waals surface area contributed by atoms with Gasteiger partial charge in [0.2, 0.25) is 0 Å². The fourth-order valence-electron chi connectivity index (χ4n) is 4.00. The molecule has 198 valence electrons. The number of rotatable bonds is 13. The Labute approximate surface area is 228 Å². The fraction of sp³-hybridized carbons (Fsp3) is 0.286. The SMILES string of the molecule is Br.CCCc1cc(NC(N)=O)ccc1CCNCCc1ccc(OCc2ccccc2)c(NC(N)=O)c1. The van der Waals surface area contributed by atoms with Gasteiger partial charge in [0.1, 0.15) is 12.4 Å². The van der Waals surface area contributed by atoms with Crippen molar-refractivity contribution in [2.75, 3.05) is 23.7 Å². The van der Waals surface area contributed by atoms with Crippen LogP contribution in [-0.4, -0.2) is 25.2 Å². The average Bonchev–Trinajstić information content (AvgIpc) is 2.84. The molecule has 0 fully saturated rings. The quantitative estimate of drug-likeness (QED) is 0.182. The maximum Gasteiger partial charge on any atom is 0.316 e. The van der Waals surface area contributed by atoms with Gasteiger partial charge in [-0.2, -0.15) is 0 Å². The van der Waals surface area contributed by atoms with Crippen LogP contribution in [0.15, 0.2) is 66.7 Å². The third-order valence-electron chi connectivity index (χ3n) is 5.69. The maximum absolute atomic E-state index is 11.5. The number of halogens is 1. The molecule has 0 aliphatic carbocycles. The molecule has 0 unspecified atom stereocenters. The van der Waals surface area contributed by atoms with Gasteiger partial charge in [-0.15, -0.1) is 17.0 Å². The minimum Gasteiger partial charge on any atom is -0.487 e. The lowest BCUT2D eigenvalue weighted by Crippen LogP contribution is -2.22. The first kappa shape index (κ1) is 29.7. The van der Waals surface area contributed by atoms with E-state index in [4.69, 9.17) is 16.2 Å². The molecule has 3 rings (SSSR count). The van der Waals surface area contributed by atoms with Gasteiger partial charge in [-0.1, -0.05) is 55.8 Å². The summed E-state index contributed by atoms with van der Waals surface area (Å²) in [5.41, 5.74) is 16.5. The van der Waals surface area contributed by atoms with E-state index in [0.29, 0.717) is 18.0 Å². The van der Waals surface area contributed by atoms with E-state index in [1.165, 1.54) is 11.1 Å². The number of nitrogens with two attached hydrogens (primary N) is 2. The highest BCUT2D eigenvalue weighted by Gasteiger charge is 2.09. The van der Waals surface area contributed by atoms with Crippen LogP contribution in [0.2, 0.25) is 0 Å². The summed E-state index contributed by atoms with van der Waals surface area (Å²) in [4.78, 5) is 22.6. The second kappa shape index (κ2) is 15.5. The van der Waals surface area contributed by atoms with Crippen LogP contribution in [0.25, 0.3) is 0 Å². The van der Waals surface area contributed by atoms with Gasteiger partial charge in [-0.3, -0.25) is 0 Å². The van der Waals surface area contributed by atoms with Crippen molar-refractivity contribution in [2.24, 2.45) is 11.5 Å². The Morgan fingerprint density at radius 1 is 0.784 bits per heavy atom. The van der Waals surface area contributed by atoms with Crippen molar-refractivity contribution in [2.45, 2.75) is 39.2 Å². The molecule has 37 heavy (non-hydrogen) atoms. The van der Waals surface area contributed by atoms with Gasteiger partial charge in [-0.25, -0.2) is 9.59 Å². The van der Waals surface area contributed by atoms with Crippen molar-refractivity contribution >= 4 is 40.4 Å². The largest absolute Gasteiger partial charge is 0.487 e. The van der Waals surface area contributed by atoms with Crippen LogP contribution in [0.4, 0.5) is 21.0 Å². The monoisotopic (exact) mass is 569 g/mol. The van der Waals surface area contributed by atoms with Crippen molar-refractivity contribution in [1.29, 1.82) is 0 Å². The van der Waals surface area contributed by atoms with Gasteiger partial charge in [0.15, 0.2) is 0 Å². The molecular formula is C28H36BrN5O3. The van der Waals surface area contributed by atoms with E-state index < -0.39 is 12.1 Å². The highest BCUT2D eigenvalue weighted by molar-refractivity contribution is 8.93. The molecule has 0 bridgehead atoms. The molecule has 0 atom stereocenters. The number of carbonyl (C=O) groups is 2. The van der Waals surface area contributed by atoms with Crippen LogP contribution in [0.1, 0.15) is 35.6 Å². The van der Waals surface area contributed by atoms with Crippen molar-refractivity contribution in [3.63, 3.8) is 0 Å². The molecule has 0 aromatic heterocycles. The smallest absolute Gasteiger partial charge is 0.316 e. The number of hydrogen-bond acceptors (Lipinski definition) is 4.